The molecule has 2 aliphatic heterocycles. The Labute approximate surface area is 92.2 Å². The molecule has 0 radical (unpaired) electrons. The molecule has 3 nitrogen and oxygen atoms in total. The molecule has 86 valence electrons. The summed E-state index contributed by atoms with van der Waals surface area (Å²) in [6, 6.07) is 0.534. The smallest absolute Gasteiger partial charge is 0.239 e. The summed E-state index contributed by atoms with van der Waals surface area (Å²) >= 11 is 0. The van der Waals surface area contributed by atoms with E-state index in [4.69, 9.17) is 0 Å². The lowest BCUT2D eigenvalue weighted by atomic mass is 9.91. The number of amides is 1. The Morgan fingerprint density at radius 1 is 1.27 bits per heavy atom. The molecular formula is C12H22N2O. The average Bonchev–Trinajstić information content (AvgIpc) is 2.74. The second-order valence-corrected chi connectivity index (χ2v) is 5.04. The third kappa shape index (κ3) is 2.17. The summed E-state index contributed by atoms with van der Waals surface area (Å²) in [6.45, 7) is 6.42. The first-order chi connectivity index (χ1) is 7.20. The lowest BCUT2D eigenvalue weighted by Gasteiger charge is -2.39. The highest BCUT2D eigenvalue weighted by Gasteiger charge is 2.33. The summed E-state index contributed by atoms with van der Waals surface area (Å²) in [4.78, 5) is 14.3. The van der Waals surface area contributed by atoms with Gasteiger partial charge in [0, 0.05) is 12.6 Å². The fraction of sp³-hybridized carbons (Fsp3) is 0.917. The van der Waals surface area contributed by atoms with Gasteiger partial charge in [0.15, 0.2) is 0 Å². The Balaban J connectivity index is 1.98. The van der Waals surface area contributed by atoms with Crippen molar-refractivity contribution in [1.29, 1.82) is 0 Å². The van der Waals surface area contributed by atoms with Gasteiger partial charge in [-0.1, -0.05) is 6.92 Å². The van der Waals surface area contributed by atoms with E-state index in [2.05, 4.69) is 24.1 Å². The van der Waals surface area contributed by atoms with Gasteiger partial charge in [0.1, 0.15) is 0 Å². The molecule has 0 aromatic rings. The quantitative estimate of drug-likeness (QED) is 0.709. The van der Waals surface area contributed by atoms with Gasteiger partial charge in [0.2, 0.25) is 5.91 Å². The molecule has 2 aliphatic rings. The molecule has 0 bridgehead atoms. The van der Waals surface area contributed by atoms with Crippen LogP contribution in [0.4, 0.5) is 0 Å². The van der Waals surface area contributed by atoms with Crippen molar-refractivity contribution in [3.05, 3.63) is 0 Å². The van der Waals surface area contributed by atoms with Gasteiger partial charge < -0.3 is 10.2 Å². The Hall–Kier alpha value is -0.570. The van der Waals surface area contributed by atoms with Gasteiger partial charge in [-0.25, -0.2) is 0 Å². The number of hydrogen-bond acceptors (Lipinski definition) is 2. The van der Waals surface area contributed by atoms with Crippen LogP contribution in [0.15, 0.2) is 0 Å². The number of nitrogens with one attached hydrogen (secondary N) is 1. The van der Waals surface area contributed by atoms with E-state index in [1.54, 1.807) is 0 Å². The van der Waals surface area contributed by atoms with Gasteiger partial charge in [-0.15, -0.1) is 0 Å². The minimum atomic E-state index is 0.109. The average molecular weight is 210 g/mol. The second-order valence-electron chi connectivity index (χ2n) is 5.04. The van der Waals surface area contributed by atoms with Crippen LogP contribution in [0.25, 0.3) is 0 Å². The zero-order valence-electron chi connectivity index (χ0n) is 9.83. The van der Waals surface area contributed by atoms with Gasteiger partial charge >= 0.3 is 0 Å². The number of rotatable bonds is 1. The molecule has 2 rings (SSSR count). The predicted molar refractivity (Wildman–Crippen MR) is 60.6 cm³/mol. The SMILES string of the molecule is CC1CCCN(C(=O)C2CCCN2)C1C. The molecule has 2 heterocycles. The summed E-state index contributed by atoms with van der Waals surface area (Å²) in [5.74, 6) is 0.996. The molecule has 1 amide bonds. The van der Waals surface area contributed by atoms with Gasteiger partial charge in [-0.05, 0) is 45.1 Å². The topological polar surface area (TPSA) is 32.3 Å². The lowest BCUT2D eigenvalue weighted by molar-refractivity contribution is -0.137. The molecule has 0 saturated carbocycles. The highest BCUT2D eigenvalue weighted by atomic mass is 16.2. The Kier molecular flexibility index (Phi) is 3.29. The highest BCUT2D eigenvalue weighted by molar-refractivity contribution is 5.82. The molecule has 15 heavy (non-hydrogen) atoms. The summed E-state index contributed by atoms with van der Waals surface area (Å²) in [5, 5.41) is 3.30. The van der Waals surface area contributed by atoms with E-state index in [9.17, 15) is 4.79 Å². The minimum absolute atomic E-state index is 0.109. The maximum Gasteiger partial charge on any atom is 0.239 e. The molecule has 1 N–H and O–H groups in total. The summed E-state index contributed by atoms with van der Waals surface area (Å²) in [6.07, 6.45) is 4.61. The van der Waals surface area contributed by atoms with E-state index < -0.39 is 0 Å². The number of likely N-dealkylation sites (tertiary alicyclic amines) is 1. The van der Waals surface area contributed by atoms with Crippen LogP contribution >= 0.6 is 0 Å². The van der Waals surface area contributed by atoms with E-state index in [1.807, 2.05) is 0 Å². The second kappa shape index (κ2) is 4.52. The number of carbonyl (C=O) groups is 1. The Bertz CT molecular complexity index is 236. The number of carbonyl (C=O) groups excluding carboxylic acids is 1. The largest absolute Gasteiger partial charge is 0.338 e. The molecular weight excluding hydrogens is 188 g/mol. The summed E-state index contributed by atoms with van der Waals surface area (Å²) in [5.41, 5.74) is 0. The molecule has 0 aromatic heterocycles. The van der Waals surface area contributed by atoms with Crippen LogP contribution in [0.5, 0.6) is 0 Å². The molecule has 2 saturated heterocycles. The third-order valence-corrected chi connectivity index (χ3v) is 4.02. The van der Waals surface area contributed by atoms with E-state index in [0.29, 0.717) is 17.9 Å². The van der Waals surface area contributed by atoms with Gasteiger partial charge in [0.25, 0.3) is 0 Å². The van der Waals surface area contributed by atoms with Crippen molar-refractivity contribution in [2.45, 2.75) is 51.6 Å². The first kappa shape index (κ1) is 10.9. The van der Waals surface area contributed by atoms with Gasteiger partial charge in [-0.2, -0.15) is 0 Å². The van der Waals surface area contributed by atoms with Crippen molar-refractivity contribution in [1.82, 2.24) is 10.2 Å². The van der Waals surface area contributed by atoms with Crippen LogP contribution in [-0.2, 0) is 4.79 Å². The molecule has 3 atom stereocenters. The zero-order chi connectivity index (χ0) is 10.8. The molecule has 0 spiro atoms. The van der Waals surface area contributed by atoms with Crippen LogP contribution in [0, 0.1) is 5.92 Å². The fourth-order valence-corrected chi connectivity index (χ4v) is 2.74. The van der Waals surface area contributed by atoms with Crippen LogP contribution in [0.2, 0.25) is 0 Å². The maximum atomic E-state index is 12.2. The van der Waals surface area contributed by atoms with Gasteiger partial charge in [0.05, 0.1) is 6.04 Å². The van der Waals surface area contributed by atoms with Crippen LogP contribution < -0.4 is 5.32 Å². The van der Waals surface area contributed by atoms with Crippen LogP contribution in [-0.4, -0.2) is 36.0 Å². The summed E-state index contributed by atoms with van der Waals surface area (Å²) < 4.78 is 0. The lowest BCUT2D eigenvalue weighted by Crippen LogP contribution is -2.51. The van der Waals surface area contributed by atoms with Crippen LogP contribution in [0.3, 0.4) is 0 Å². The number of piperidine rings is 1. The number of hydrogen-bond donors (Lipinski definition) is 1. The van der Waals surface area contributed by atoms with Crippen molar-refractivity contribution in [3.8, 4) is 0 Å². The predicted octanol–water partition coefficient (Wildman–Crippen LogP) is 1.39. The molecule has 0 aromatic carbocycles. The first-order valence-corrected chi connectivity index (χ1v) is 6.24. The monoisotopic (exact) mass is 210 g/mol. The van der Waals surface area contributed by atoms with Crippen molar-refractivity contribution >= 4 is 5.91 Å². The highest BCUT2D eigenvalue weighted by Crippen LogP contribution is 2.24. The third-order valence-electron chi connectivity index (χ3n) is 4.02. The van der Waals surface area contributed by atoms with Crippen molar-refractivity contribution in [3.63, 3.8) is 0 Å². The minimum Gasteiger partial charge on any atom is -0.338 e. The first-order valence-electron chi connectivity index (χ1n) is 6.24. The van der Waals surface area contributed by atoms with E-state index in [0.717, 1.165) is 25.9 Å². The summed E-state index contributed by atoms with van der Waals surface area (Å²) in [7, 11) is 0. The molecule has 0 aliphatic carbocycles. The molecule has 2 fully saturated rings. The van der Waals surface area contributed by atoms with E-state index >= 15 is 0 Å². The van der Waals surface area contributed by atoms with Crippen molar-refractivity contribution < 1.29 is 4.79 Å². The van der Waals surface area contributed by atoms with E-state index in [-0.39, 0.29) is 6.04 Å². The maximum absolute atomic E-state index is 12.2. The Morgan fingerprint density at radius 2 is 2.07 bits per heavy atom. The van der Waals surface area contributed by atoms with Crippen LogP contribution in [0.1, 0.15) is 39.5 Å². The number of nitrogens with zero attached hydrogens (tertiary/aromatic N) is 1. The van der Waals surface area contributed by atoms with Gasteiger partial charge in [-0.3, -0.25) is 4.79 Å². The normalized spacial score (nSPS) is 36.9. The fourth-order valence-electron chi connectivity index (χ4n) is 2.74. The Morgan fingerprint density at radius 3 is 2.73 bits per heavy atom. The van der Waals surface area contributed by atoms with E-state index in [1.165, 1.54) is 12.8 Å². The zero-order valence-corrected chi connectivity index (χ0v) is 9.83. The standard InChI is InChI=1S/C12H22N2O/c1-9-5-4-8-14(10(9)2)12(15)11-6-3-7-13-11/h9-11,13H,3-8H2,1-2H3. The molecule has 3 unspecified atom stereocenters. The molecule has 3 heteroatoms. The van der Waals surface area contributed by atoms with Crippen molar-refractivity contribution in [2.24, 2.45) is 5.92 Å². The van der Waals surface area contributed by atoms with Crippen molar-refractivity contribution in [2.75, 3.05) is 13.1 Å².